The van der Waals surface area contributed by atoms with Crippen LogP contribution >= 0.6 is 11.6 Å². The van der Waals surface area contributed by atoms with E-state index in [1.807, 2.05) is 41.3 Å². The highest BCUT2D eigenvalue weighted by atomic mass is 35.5. The van der Waals surface area contributed by atoms with Crippen LogP contribution in [0.1, 0.15) is 48.1 Å². The molecule has 4 aromatic carbocycles. The van der Waals surface area contributed by atoms with Gasteiger partial charge >= 0.3 is 0 Å². The molecule has 0 bridgehead atoms. The molecule has 0 radical (unpaired) electrons. The van der Waals surface area contributed by atoms with Crippen molar-refractivity contribution in [1.29, 1.82) is 0 Å². The van der Waals surface area contributed by atoms with Gasteiger partial charge in [0.2, 0.25) is 0 Å². The summed E-state index contributed by atoms with van der Waals surface area (Å²) in [4.78, 5) is 46.4. The number of anilines is 1. The summed E-state index contributed by atoms with van der Waals surface area (Å²) in [6.07, 6.45) is 3.84. The number of ketones is 3. The number of benzene rings is 4. The number of methoxy groups -OCH3 is 2. The van der Waals surface area contributed by atoms with Crippen LogP contribution < -0.4 is 14.4 Å². The molecule has 0 N–H and O–H groups in total. The van der Waals surface area contributed by atoms with Crippen LogP contribution in [0.5, 0.6) is 11.5 Å². The van der Waals surface area contributed by atoms with Gasteiger partial charge in [0.05, 0.1) is 20.3 Å². The third-order valence-corrected chi connectivity index (χ3v) is 9.13. The number of para-hydroxylation sites is 1. The van der Waals surface area contributed by atoms with Gasteiger partial charge < -0.3 is 14.4 Å². The second-order valence-corrected chi connectivity index (χ2v) is 11.2. The van der Waals surface area contributed by atoms with Crippen molar-refractivity contribution in [2.45, 2.75) is 18.0 Å². The number of ether oxygens (including phenoxy) is 2. The molecule has 1 saturated heterocycles. The SMILES string of the molecule is COc1ccc(OC)c([C@@H]2[C@@H](C(=O)c3ccc(Cl)cc3)N3c4ccccc4C=C[C@@H]3C23C(=O)c2ccccc2C3=O)c1. The molecule has 7 heteroatoms. The van der Waals surface area contributed by atoms with Gasteiger partial charge in [-0.05, 0) is 54.1 Å². The maximum atomic E-state index is 14.8. The second kappa shape index (κ2) is 9.71. The van der Waals surface area contributed by atoms with E-state index in [9.17, 15) is 14.4 Å². The van der Waals surface area contributed by atoms with E-state index >= 15 is 0 Å². The molecule has 1 spiro atoms. The van der Waals surface area contributed by atoms with Crippen LogP contribution in [-0.4, -0.2) is 43.7 Å². The van der Waals surface area contributed by atoms with Gasteiger partial charge in [0, 0.05) is 38.9 Å². The summed E-state index contributed by atoms with van der Waals surface area (Å²) >= 11 is 6.19. The zero-order chi connectivity index (χ0) is 29.2. The van der Waals surface area contributed by atoms with E-state index in [0.717, 1.165) is 11.3 Å². The Labute approximate surface area is 248 Å². The van der Waals surface area contributed by atoms with Crippen LogP contribution in [0.2, 0.25) is 5.02 Å². The molecule has 3 atom stereocenters. The number of hydrogen-bond acceptors (Lipinski definition) is 6. The molecule has 1 fully saturated rings. The lowest BCUT2D eigenvalue weighted by Crippen LogP contribution is -2.48. The van der Waals surface area contributed by atoms with Gasteiger partial charge in [-0.3, -0.25) is 14.4 Å². The van der Waals surface area contributed by atoms with E-state index < -0.39 is 23.4 Å². The van der Waals surface area contributed by atoms with Gasteiger partial charge in [-0.15, -0.1) is 0 Å². The fourth-order valence-corrected chi connectivity index (χ4v) is 7.25. The van der Waals surface area contributed by atoms with Crippen molar-refractivity contribution >= 4 is 40.7 Å². The largest absolute Gasteiger partial charge is 0.497 e. The Kier molecular flexibility index (Phi) is 6.06. The Morgan fingerprint density at radius 2 is 1.50 bits per heavy atom. The molecule has 6 nitrogen and oxygen atoms in total. The highest BCUT2D eigenvalue weighted by Gasteiger charge is 2.72. The smallest absolute Gasteiger partial charge is 0.185 e. The van der Waals surface area contributed by atoms with Gasteiger partial charge in [0.25, 0.3) is 0 Å². The van der Waals surface area contributed by atoms with Crippen molar-refractivity contribution in [2.24, 2.45) is 5.41 Å². The number of hydrogen-bond donors (Lipinski definition) is 0. The van der Waals surface area contributed by atoms with Crippen LogP contribution in [0.3, 0.4) is 0 Å². The minimum Gasteiger partial charge on any atom is -0.497 e. The molecule has 0 saturated carbocycles. The van der Waals surface area contributed by atoms with Gasteiger partial charge in [0.15, 0.2) is 17.3 Å². The molecule has 2 aliphatic heterocycles. The van der Waals surface area contributed by atoms with Crippen molar-refractivity contribution in [2.75, 3.05) is 19.1 Å². The van der Waals surface area contributed by atoms with Crippen molar-refractivity contribution in [3.63, 3.8) is 0 Å². The Bertz CT molecular complexity index is 1780. The number of carbonyl (C=O) groups excluding carboxylic acids is 3. The average molecular weight is 576 g/mol. The molecule has 0 aromatic heterocycles. The maximum Gasteiger partial charge on any atom is 0.185 e. The summed E-state index contributed by atoms with van der Waals surface area (Å²) in [6, 6.07) is 25.0. The van der Waals surface area contributed by atoms with Gasteiger partial charge in [-0.25, -0.2) is 0 Å². The molecule has 0 amide bonds. The first kappa shape index (κ1) is 26.2. The number of carbonyl (C=O) groups is 3. The first-order valence-electron chi connectivity index (χ1n) is 13.7. The minimum atomic E-state index is -1.64. The minimum absolute atomic E-state index is 0.231. The molecule has 0 unspecified atom stereocenters. The summed E-state index contributed by atoms with van der Waals surface area (Å²) < 4.78 is 11.4. The third-order valence-electron chi connectivity index (χ3n) is 8.88. The summed E-state index contributed by atoms with van der Waals surface area (Å²) in [5.41, 5.74) is 1.74. The first-order chi connectivity index (χ1) is 20.4. The fourth-order valence-electron chi connectivity index (χ4n) is 7.13. The number of rotatable bonds is 5. The van der Waals surface area contributed by atoms with E-state index in [0.29, 0.717) is 38.8 Å². The van der Waals surface area contributed by atoms with Gasteiger partial charge in [-0.2, -0.15) is 0 Å². The number of nitrogens with zero attached hydrogens (tertiary/aromatic N) is 1. The maximum absolute atomic E-state index is 14.8. The molecule has 7 rings (SSSR count). The van der Waals surface area contributed by atoms with Crippen molar-refractivity contribution in [1.82, 2.24) is 0 Å². The lowest BCUT2D eigenvalue weighted by molar-refractivity contribution is 0.0664. The summed E-state index contributed by atoms with van der Waals surface area (Å²) in [7, 11) is 3.09. The Morgan fingerprint density at radius 3 is 2.17 bits per heavy atom. The molecule has 4 aromatic rings. The third kappa shape index (κ3) is 3.48. The molecule has 42 heavy (non-hydrogen) atoms. The van der Waals surface area contributed by atoms with Crippen molar-refractivity contribution in [3.05, 3.63) is 130 Å². The molecule has 1 aliphatic carbocycles. The number of halogens is 1. The number of fused-ring (bicyclic) bond motifs is 5. The topological polar surface area (TPSA) is 72.9 Å². The highest BCUT2D eigenvalue weighted by Crippen LogP contribution is 2.62. The summed E-state index contributed by atoms with van der Waals surface area (Å²) in [5, 5.41) is 0.501. The Hall–Kier alpha value is -4.68. The quantitative estimate of drug-likeness (QED) is 0.195. The predicted octanol–water partition coefficient (Wildman–Crippen LogP) is 6.67. The molecular formula is C35H26ClNO5. The van der Waals surface area contributed by atoms with Gasteiger partial charge in [-0.1, -0.05) is 66.2 Å². The molecule has 208 valence electrons. The van der Waals surface area contributed by atoms with Crippen LogP contribution in [0.15, 0.2) is 97.1 Å². The highest BCUT2D eigenvalue weighted by molar-refractivity contribution is 6.32. The van der Waals surface area contributed by atoms with E-state index in [1.165, 1.54) is 0 Å². The standard InChI is InChI=1S/C35H26ClNO5/c1-41-23-16-17-28(42-2)26(19-23)30-31(32(38)21-11-14-22(36)15-12-21)37-27-10-6-3-7-20(27)13-18-29(37)35(30)33(39)24-8-4-5-9-25(24)34(35)40/h3-19,29-31H,1-2H3/t29-,30-,31+/m1/s1. The van der Waals surface area contributed by atoms with E-state index in [4.69, 9.17) is 21.1 Å². The Balaban J connectivity index is 1.58. The van der Waals surface area contributed by atoms with E-state index in [1.54, 1.807) is 80.9 Å². The average Bonchev–Trinajstić information content (AvgIpc) is 3.46. The zero-order valence-corrected chi connectivity index (χ0v) is 23.7. The predicted molar refractivity (Wildman–Crippen MR) is 161 cm³/mol. The van der Waals surface area contributed by atoms with Crippen molar-refractivity contribution < 1.29 is 23.9 Å². The van der Waals surface area contributed by atoms with Crippen LogP contribution in [-0.2, 0) is 0 Å². The molecule has 3 aliphatic rings. The lowest BCUT2D eigenvalue weighted by Gasteiger charge is -2.37. The zero-order valence-electron chi connectivity index (χ0n) is 22.9. The van der Waals surface area contributed by atoms with Crippen LogP contribution in [0.4, 0.5) is 5.69 Å². The molecular weight excluding hydrogens is 550 g/mol. The first-order valence-corrected chi connectivity index (χ1v) is 14.1. The number of Topliss-reactive ketones (excluding diaryl/α,β-unsaturated/α-hetero) is 3. The van der Waals surface area contributed by atoms with Crippen LogP contribution in [0.25, 0.3) is 6.08 Å². The van der Waals surface area contributed by atoms with Crippen LogP contribution in [0, 0.1) is 5.41 Å². The van der Waals surface area contributed by atoms with Gasteiger partial charge in [0.1, 0.15) is 23.0 Å². The van der Waals surface area contributed by atoms with E-state index in [-0.39, 0.29) is 17.3 Å². The summed E-state index contributed by atoms with van der Waals surface area (Å²) in [6.45, 7) is 0. The van der Waals surface area contributed by atoms with E-state index in [2.05, 4.69) is 0 Å². The van der Waals surface area contributed by atoms with Crippen molar-refractivity contribution in [3.8, 4) is 11.5 Å². The monoisotopic (exact) mass is 575 g/mol. The normalized spacial score (nSPS) is 21.2. The second-order valence-electron chi connectivity index (χ2n) is 10.7. The molecule has 2 heterocycles. The summed E-state index contributed by atoms with van der Waals surface area (Å²) in [5.74, 6) is -0.770. The lowest BCUT2D eigenvalue weighted by atomic mass is 9.64. The Morgan fingerprint density at radius 1 is 0.833 bits per heavy atom. The fraction of sp³-hybridized carbons (Fsp3) is 0.171.